The van der Waals surface area contributed by atoms with E-state index >= 15 is 0 Å². The third kappa shape index (κ3) is 3.99. The molecule has 1 aromatic rings. The molecule has 2 unspecified atom stereocenters. The largest absolute Gasteiger partial charge is 0.269 e. The average Bonchev–Trinajstić information content (AvgIpc) is 2.70. The fourth-order valence-electron chi connectivity index (χ4n) is 2.06. The number of aryl methyl sites for hydroxylation is 1. The maximum absolute atomic E-state index is 4.46. The van der Waals surface area contributed by atoms with Crippen LogP contribution in [0.1, 0.15) is 64.5 Å². The Bertz CT molecular complexity index is 291. The SMILES string of the molecule is CCCC(CCC(C)CC)n1cc(C)cn1. The standard InChI is InChI=1S/C14H26N2/c1-5-7-14(9-8-12(3)6-2)16-11-13(4)10-15-16/h10-12,14H,5-9H2,1-4H3. The number of hydrogen-bond acceptors (Lipinski definition) is 1. The number of hydrogen-bond donors (Lipinski definition) is 0. The maximum Gasteiger partial charge on any atom is 0.0519 e. The molecule has 0 aromatic carbocycles. The predicted molar refractivity (Wildman–Crippen MR) is 69.6 cm³/mol. The van der Waals surface area contributed by atoms with E-state index in [0.29, 0.717) is 6.04 Å². The van der Waals surface area contributed by atoms with Gasteiger partial charge in [-0.15, -0.1) is 0 Å². The highest BCUT2D eigenvalue weighted by molar-refractivity contribution is 5.00. The molecule has 0 saturated heterocycles. The smallest absolute Gasteiger partial charge is 0.0519 e. The summed E-state index contributed by atoms with van der Waals surface area (Å²) >= 11 is 0. The molecule has 0 saturated carbocycles. The summed E-state index contributed by atoms with van der Waals surface area (Å²) in [6.45, 7) is 8.99. The van der Waals surface area contributed by atoms with Crippen molar-refractivity contribution in [1.29, 1.82) is 0 Å². The van der Waals surface area contributed by atoms with Crippen molar-refractivity contribution in [2.45, 2.75) is 65.8 Å². The Kier molecular flexibility index (Phi) is 5.58. The van der Waals surface area contributed by atoms with E-state index in [-0.39, 0.29) is 0 Å². The van der Waals surface area contributed by atoms with E-state index in [1.54, 1.807) is 0 Å². The Morgan fingerprint density at radius 2 is 2.00 bits per heavy atom. The summed E-state index contributed by atoms with van der Waals surface area (Å²) in [5, 5.41) is 4.46. The second-order valence-corrected chi connectivity index (χ2v) is 5.03. The van der Waals surface area contributed by atoms with Crippen molar-refractivity contribution in [3.8, 4) is 0 Å². The van der Waals surface area contributed by atoms with Crippen molar-refractivity contribution in [2.24, 2.45) is 5.92 Å². The van der Waals surface area contributed by atoms with Crippen molar-refractivity contribution in [2.75, 3.05) is 0 Å². The summed E-state index contributed by atoms with van der Waals surface area (Å²) in [5.74, 6) is 0.844. The van der Waals surface area contributed by atoms with E-state index in [1.807, 2.05) is 6.20 Å². The van der Waals surface area contributed by atoms with Crippen LogP contribution in [0.3, 0.4) is 0 Å². The molecule has 0 N–H and O–H groups in total. The highest BCUT2D eigenvalue weighted by atomic mass is 15.3. The lowest BCUT2D eigenvalue weighted by molar-refractivity contribution is 0.352. The third-order valence-corrected chi connectivity index (χ3v) is 3.42. The van der Waals surface area contributed by atoms with Gasteiger partial charge in [0, 0.05) is 6.20 Å². The minimum atomic E-state index is 0.604. The van der Waals surface area contributed by atoms with E-state index in [0.717, 1.165) is 5.92 Å². The lowest BCUT2D eigenvalue weighted by Gasteiger charge is -2.18. The van der Waals surface area contributed by atoms with E-state index in [1.165, 1.54) is 37.7 Å². The summed E-state index contributed by atoms with van der Waals surface area (Å²) in [7, 11) is 0. The minimum Gasteiger partial charge on any atom is -0.269 e. The molecule has 0 amide bonds. The molecule has 0 fully saturated rings. The summed E-state index contributed by atoms with van der Waals surface area (Å²) in [4.78, 5) is 0. The molecule has 0 bridgehead atoms. The van der Waals surface area contributed by atoms with Gasteiger partial charge in [-0.3, -0.25) is 4.68 Å². The molecule has 0 radical (unpaired) electrons. The molecule has 2 atom stereocenters. The van der Waals surface area contributed by atoms with Gasteiger partial charge in [0.25, 0.3) is 0 Å². The van der Waals surface area contributed by atoms with Crippen molar-refractivity contribution in [3.63, 3.8) is 0 Å². The van der Waals surface area contributed by atoms with Crippen LogP contribution >= 0.6 is 0 Å². The summed E-state index contributed by atoms with van der Waals surface area (Å²) in [6, 6.07) is 0.604. The third-order valence-electron chi connectivity index (χ3n) is 3.42. The van der Waals surface area contributed by atoms with Crippen molar-refractivity contribution >= 4 is 0 Å². The maximum atomic E-state index is 4.46. The van der Waals surface area contributed by atoms with E-state index in [9.17, 15) is 0 Å². The molecule has 0 aliphatic rings. The highest BCUT2D eigenvalue weighted by Crippen LogP contribution is 2.23. The lowest BCUT2D eigenvalue weighted by Crippen LogP contribution is -2.11. The second kappa shape index (κ2) is 6.72. The number of nitrogens with zero attached hydrogens (tertiary/aromatic N) is 2. The quantitative estimate of drug-likeness (QED) is 0.670. The van der Waals surface area contributed by atoms with E-state index in [2.05, 4.69) is 43.7 Å². The molecule has 92 valence electrons. The molecule has 1 heterocycles. The molecule has 0 aliphatic heterocycles. The first kappa shape index (κ1) is 13.3. The van der Waals surface area contributed by atoms with Crippen molar-refractivity contribution in [1.82, 2.24) is 9.78 Å². The zero-order chi connectivity index (χ0) is 12.0. The molecule has 0 aliphatic carbocycles. The van der Waals surface area contributed by atoms with Gasteiger partial charge in [-0.2, -0.15) is 5.10 Å². The van der Waals surface area contributed by atoms with Crippen LogP contribution in [0.4, 0.5) is 0 Å². The molecular weight excluding hydrogens is 196 g/mol. The van der Waals surface area contributed by atoms with E-state index in [4.69, 9.17) is 0 Å². The summed E-state index contributed by atoms with van der Waals surface area (Å²) < 4.78 is 2.17. The Hall–Kier alpha value is -0.790. The van der Waals surface area contributed by atoms with Gasteiger partial charge in [0.05, 0.1) is 12.2 Å². The topological polar surface area (TPSA) is 17.8 Å². The molecule has 2 nitrogen and oxygen atoms in total. The molecule has 1 aromatic heterocycles. The van der Waals surface area contributed by atoms with Crippen molar-refractivity contribution < 1.29 is 0 Å². The Balaban J connectivity index is 2.53. The minimum absolute atomic E-state index is 0.604. The van der Waals surface area contributed by atoms with Gasteiger partial charge >= 0.3 is 0 Å². The first-order valence-electron chi connectivity index (χ1n) is 6.68. The van der Waals surface area contributed by atoms with Crippen LogP contribution in [0.25, 0.3) is 0 Å². The molecule has 1 rings (SSSR count). The highest BCUT2D eigenvalue weighted by Gasteiger charge is 2.12. The van der Waals surface area contributed by atoms with Crippen molar-refractivity contribution in [3.05, 3.63) is 18.0 Å². The van der Waals surface area contributed by atoms with Gasteiger partial charge < -0.3 is 0 Å². The van der Waals surface area contributed by atoms with Gasteiger partial charge in [-0.1, -0.05) is 33.6 Å². The Labute approximate surface area is 100 Å². The number of aromatic nitrogens is 2. The summed E-state index contributed by atoms with van der Waals surface area (Å²) in [6.07, 6.45) is 10.5. The van der Waals surface area contributed by atoms with Crippen LogP contribution in [-0.2, 0) is 0 Å². The lowest BCUT2D eigenvalue weighted by atomic mass is 9.97. The zero-order valence-corrected chi connectivity index (χ0v) is 11.2. The summed E-state index contributed by atoms with van der Waals surface area (Å²) in [5.41, 5.74) is 1.27. The predicted octanol–water partition coefficient (Wildman–Crippen LogP) is 4.36. The van der Waals surface area contributed by atoms with E-state index < -0.39 is 0 Å². The van der Waals surface area contributed by atoms with Crippen LogP contribution in [-0.4, -0.2) is 9.78 Å². The van der Waals surface area contributed by atoms with Crippen LogP contribution in [0, 0.1) is 12.8 Å². The Morgan fingerprint density at radius 3 is 2.50 bits per heavy atom. The Morgan fingerprint density at radius 1 is 1.25 bits per heavy atom. The number of rotatable bonds is 7. The zero-order valence-electron chi connectivity index (χ0n) is 11.2. The molecule has 2 heteroatoms. The van der Waals surface area contributed by atoms with Gasteiger partial charge in [0.1, 0.15) is 0 Å². The second-order valence-electron chi connectivity index (χ2n) is 5.03. The van der Waals surface area contributed by atoms with Gasteiger partial charge in [0.15, 0.2) is 0 Å². The van der Waals surface area contributed by atoms with Gasteiger partial charge in [0.2, 0.25) is 0 Å². The first-order valence-corrected chi connectivity index (χ1v) is 6.68. The van der Waals surface area contributed by atoms with Crippen LogP contribution in [0.5, 0.6) is 0 Å². The monoisotopic (exact) mass is 222 g/mol. The normalized spacial score (nSPS) is 15.0. The fraction of sp³-hybridized carbons (Fsp3) is 0.786. The average molecular weight is 222 g/mol. The first-order chi connectivity index (χ1) is 7.67. The van der Waals surface area contributed by atoms with Crippen LogP contribution < -0.4 is 0 Å². The molecule has 0 spiro atoms. The molecular formula is C14H26N2. The van der Waals surface area contributed by atoms with Crippen LogP contribution in [0.15, 0.2) is 12.4 Å². The van der Waals surface area contributed by atoms with Gasteiger partial charge in [-0.25, -0.2) is 0 Å². The molecule has 16 heavy (non-hydrogen) atoms. The fourth-order valence-corrected chi connectivity index (χ4v) is 2.06. The van der Waals surface area contributed by atoms with Crippen LogP contribution in [0.2, 0.25) is 0 Å². The van der Waals surface area contributed by atoms with Gasteiger partial charge in [-0.05, 0) is 37.7 Å².